The smallest absolute Gasteiger partial charge is 0.330 e. The molecule has 6 aromatic rings. The van der Waals surface area contributed by atoms with Crippen LogP contribution < -0.4 is 11.4 Å². The first-order valence-corrected chi connectivity index (χ1v) is 12.9. The van der Waals surface area contributed by atoms with Gasteiger partial charge in [-0.2, -0.15) is 0 Å². The minimum absolute atomic E-state index is 0.144. The number of imidazole rings is 1. The molecule has 0 amide bonds. The number of aryl methyl sites for hydroxylation is 1. The van der Waals surface area contributed by atoms with E-state index in [0.29, 0.717) is 13.0 Å². The predicted molar refractivity (Wildman–Crippen MR) is 155 cm³/mol. The van der Waals surface area contributed by atoms with E-state index in [0.717, 1.165) is 69.9 Å². The van der Waals surface area contributed by atoms with Crippen LogP contribution in [0.1, 0.15) is 24.6 Å². The molecule has 0 fully saturated rings. The molecule has 0 bridgehead atoms. The zero-order valence-corrected chi connectivity index (χ0v) is 21.7. The number of nitrogens with one attached hydrogen (secondary N) is 2. The molecule has 0 unspecified atom stereocenters. The van der Waals surface area contributed by atoms with Gasteiger partial charge in [-0.25, -0.2) is 4.79 Å². The van der Waals surface area contributed by atoms with Gasteiger partial charge in [-0.15, -0.1) is 0 Å². The molecule has 0 spiro atoms. The van der Waals surface area contributed by atoms with Crippen LogP contribution >= 0.6 is 0 Å². The Morgan fingerprint density at radius 3 is 2.36 bits per heavy atom. The minimum Gasteiger partial charge on any atom is -0.481 e. The van der Waals surface area contributed by atoms with E-state index in [4.69, 9.17) is 15.6 Å². The van der Waals surface area contributed by atoms with Crippen molar-refractivity contribution in [2.45, 2.75) is 26.3 Å². The van der Waals surface area contributed by atoms with E-state index in [1.54, 1.807) is 0 Å². The normalized spacial score (nSPS) is 11.0. The van der Waals surface area contributed by atoms with Crippen molar-refractivity contribution >= 4 is 27.8 Å². The zero-order valence-electron chi connectivity index (χ0n) is 21.7. The Labute approximate surface area is 225 Å². The Bertz CT molecular complexity index is 1790. The average Bonchev–Trinajstić information content (AvgIpc) is 3.60. The summed E-state index contributed by atoms with van der Waals surface area (Å²) in [5, 5.41) is 9.54. The van der Waals surface area contributed by atoms with Gasteiger partial charge in [0.15, 0.2) is 0 Å². The van der Waals surface area contributed by atoms with E-state index in [2.05, 4.69) is 57.1 Å². The quantitative estimate of drug-likeness (QED) is 0.228. The summed E-state index contributed by atoms with van der Waals surface area (Å²) in [6.45, 7) is 2.54. The van der Waals surface area contributed by atoms with Crippen molar-refractivity contribution in [1.82, 2.24) is 19.1 Å². The third-order valence-corrected chi connectivity index (χ3v) is 6.65. The second kappa shape index (κ2) is 11.3. The third kappa shape index (κ3) is 5.28. The van der Waals surface area contributed by atoms with Crippen LogP contribution in [0.2, 0.25) is 0 Å². The lowest BCUT2D eigenvalue weighted by atomic mass is 10.0. The molecule has 8 heteroatoms. The Morgan fingerprint density at radius 1 is 0.949 bits per heavy atom. The van der Waals surface area contributed by atoms with Gasteiger partial charge in [-0.05, 0) is 30.7 Å². The highest BCUT2D eigenvalue weighted by Crippen LogP contribution is 2.35. The van der Waals surface area contributed by atoms with Gasteiger partial charge < -0.3 is 25.4 Å². The molecule has 3 aromatic carbocycles. The summed E-state index contributed by atoms with van der Waals surface area (Å²) in [6.07, 6.45) is 5.60. The van der Waals surface area contributed by atoms with Gasteiger partial charge in [0.2, 0.25) is 0 Å². The van der Waals surface area contributed by atoms with Gasteiger partial charge in [0.05, 0.1) is 11.4 Å². The first-order valence-electron chi connectivity index (χ1n) is 12.9. The maximum atomic E-state index is 13.6. The number of hydrogen-bond donors (Lipinski definition) is 4. The molecule has 0 saturated heterocycles. The minimum atomic E-state index is -0.833. The standard InChI is InChI=1S/C29H27N5O.C2H4O2/c30-15-8-16-33-19-23(21-11-5-7-14-26(21)33)28-25(17-20-9-2-1-3-10-20)32-29(35)34(28)27-18-31-24-13-6-4-12-22(24)27;1-2(3)4/h1-7,9-14,18-19,31H,8,15-17,30H2,(H,32,35);1H3,(H,3,4). The van der Waals surface area contributed by atoms with Crippen molar-refractivity contribution < 1.29 is 9.90 Å². The monoisotopic (exact) mass is 521 g/mol. The third-order valence-electron chi connectivity index (χ3n) is 6.65. The summed E-state index contributed by atoms with van der Waals surface area (Å²) in [4.78, 5) is 29.1. The number of benzene rings is 3. The van der Waals surface area contributed by atoms with Crippen LogP contribution in [0, 0.1) is 0 Å². The molecule has 3 heterocycles. The van der Waals surface area contributed by atoms with Crippen molar-refractivity contribution in [2.75, 3.05) is 6.54 Å². The number of aliphatic carboxylic acids is 1. The number of carboxylic acid groups (broad SMARTS) is 1. The van der Waals surface area contributed by atoms with Crippen LogP contribution in [0.15, 0.2) is 96.1 Å². The highest BCUT2D eigenvalue weighted by atomic mass is 16.4. The Kier molecular flexibility index (Phi) is 7.47. The first kappa shape index (κ1) is 25.8. The molecule has 198 valence electrons. The van der Waals surface area contributed by atoms with Crippen molar-refractivity contribution in [3.8, 4) is 16.9 Å². The number of para-hydroxylation sites is 2. The van der Waals surface area contributed by atoms with Crippen LogP contribution in [0.3, 0.4) is 0 Å². The Morgan fingerprint density at radius 2 is 1.62 bits per heavy atom. The molecule has 0 atom stereocenters. The van der Waals surface area contributed by atoms with E-state index in [-0.39, 0.29) is 5.69 Å². The van der Waals surface area contributed by atoms with E-state index >= 15 is 0 Å². The van der Waals surface area contributed by atoms with Gasteiger partial charge >= 0.3 is 5.69 Å². The number of carbonyl (C=O) groups is 1. The molecule has 3 aromatic heterocycles. The second-order valence-corrected chi connectivity index (χ2v) is 9.39. The highest BCUT2D eigenvalue weighted by Gasteiger charge is 2.23. The fourth-order valence-corrected chi connectivity index (χ4v) is 5.04. The van der Waals surface area contributed by atoms with Gasteiger partial charge in [-0.1, -0.05) is 66.7 Å². The lowest BCUT2D eigenvalue weighted by Crippen LogP contribution is -2.15. The summed E-state index contributed by atoms with van der Waals surface area (Å²) in [7, 11) is 0. The van der Waals surface area contributed by atoms with Crippen LogP contribution in [-0.2, 0) is 17.8 Å². The van der Waals surface area contributed by atoms with Crippen molar-refractivity contribution in [1.29, 1.82) is 0 Å². The number of nitrogens with zero attached hydrogens (tertiary/aromatic N) is 2. The molecule has 8 nitrogen and oxygen atoms in total. The van der Waals surface area contributed by atoms with Crippen LogP contribution in [0.25, 0.3) is 38.8 Å². The lowest BCUT2D eigenvalue weighted by molar-refractivity contribution is -0.134. The molecule has 0 radical (unpaired) electrons. The molecule has 6 rings (SSSR count). The number of fused-ring (bicyclic) bond motifs is 2. The number of H-pyrrole nitrogens is 2. The second-order valence-electron chi connectivity index (χ2n) is 9.39. The van der Waals surface area contributed by atoms with Crippen LogP contribution in [0.5, 0.6) is 0 Å². The zero-order chi connectivity index (χ0) is 27.4. The summed E-state index contributed by atoms with van der Waals surface area (Å²) in [6, 6.07) is 26.7. The van der Waals surface area contributed by atoms with E-state index < -0.39 is 5.97 Å². The number of carboxylic acids is 1. The largest absolute Gasteiger partial charge is 0.481 e. The highest BCUT2D eigenvalue weighted by molar-refractivity contribution is 5.97. The maximum absolute atomic E-state index is 13.6. The topological polar surface area (TPSA) is 122 Å². The maximum Gasteiger partial charge on any atom is 0.330 e. The van der Waals surface area contributed by atoms with Crippen molar-refractivity contribution in [3.63, 3.8) is 0 Å². The summed E-state index contributed by atoms with van der Waals surface area (Å²) in [5.74, 6) is -0.833. The van der Waals surface area contributed by atoms with Crippen LogP contribution in [0.4, 0.5) is 0 Å². The number of rotatable bonds is 7. The fourth-order valence-electron chi connectivity index (χ4n) is 5.04. The number of hydrogen-bond acceptors (Lipinski definition) is 3. The van der Waals surface area contributed by atoms with Crippen molar-refractivity contribution in [2.24, 2.45) is 5.73 Å². The molecular weight excluding hydrogens is 490 g/mol. The van der Waals surface area contributed by atoms with Gasteiger partial charge in [0.25, 0.3) is 5.97 Å². The van der Waals surface area contributed by atoms with Gasteiger partial charge in [-0.3, -0.25) is 9.36 Å². The predicted octanol–water partition coefficient (Wildman–Crippen LogP) is 5.30. The fraction of sp³-hybridized carbons (Fsp3) is 0.161. The molecule has 0 aliphatic carbocycles. The van der Waals surface area contributed by atoms with Gasteiger partial charge in [0, 0.05) is 65.3 Å². The molecular formula is C31H31N5O3. The van der Waals surface area contributed by atoms with E-state index in [1.165, 1.54) is 0 Å². The molecule has 39 heavy (non-hydrogen) atoms. The number of aromatic nitrogens is 4. The molecule has 0 saturated carbocycles. The summed E-state index contributed by atoms with van der Waals surface area (Å²) < 4.78 is 4.08. The molecule has 5 N–H and O–H groups in total. The first-order chi connectivity index (χ1) is 19.0. The Hall–Kier alpha value is -4.82. The average molecular weight is 522 g/mol. The summed E-state index contributed by atoms with van der Waals surface area (Å²) in [5.41, 5.74) is 12.6. The van der Waals surface area contributed by atoms with Crippen LogP contribution in [-0.4, -0.2) is 36.7 Å². The SMILES string of the molecule is CC(=O)O.NCCCn1cc(-c2c(Cc3ccccc3)[nH]c(=O)n2-c2c[nH]c3ccccc23)c2ccccc21. The molecule has 0 aliphatic rings. The number of nitrogens with two attached hydrogens (primary N) is 1. The van der Waals surface area contributed by atoms with Gasteiger partial charge in [0.1, 0.15) is 0 Å². The van der Waals surface area contributed by atoms with Crippen molar-refractivity contribution in [3.05, 3.63) is 113 Å². The molecule has 0 aliphatic heterocycles. The lowest BCUT2D eigenvalue weighted by Gasteiger charge is -2.09. The Balaban J connectivity index is 0.000000723. The van der Waals surface area contributed by atoms with E-state index in [9.17, 15) is 4.79 Å². The number of aromatic amines is 2. The summed E-state index contributed by atoms with van der Waals surface area (Å²) >= 11 is 0. The van der Waals surface area contributed by atoms with E-state index in [1.807, 2.05) is 53.2 Å².